The minimum Gasteiger partial charge on any atom is -0.496 e. The summed E-state index contributed by atoms with van der Waals surface area (Å²) in [5, 5.41) is 9.30. The maximum absolute atomic E-state index is 13.2. The zero-order valence-corrected chi connectivity index (χ0v) is 15.3. The third kappa shape index (κ3) is 3.54. The summed E-state index contributed by atoms with van der Waals surface area (Å²) in [7, 11) is 3.20. The second kappa shape index (κ2) is 8.01. The van der Waals surface area contributed by atoms with Crippen LogP contribution in [0.3, 0.4) is 0 Å². The molecular formula is C20H21N3O4. The van der Waals surface area contributed by atoms with E-state index in [9.17, 15) is 14.7 Å². The van der Waals surface area contributed by atoms with Gasteiger partial charge in [0.25, 0.3) is 11.8 Å². The van der Waals surface area contributed by atoms with E-state index in [-0.39, 0.29) is 36.9 Å². The van der Waals surface area contributed by atoms with E-state index in [2.05, 4.69) is 4.98 Å². The summed E-state index contributed by atoms with van der Waals surface area (Å²) < 4.78 is 5.39. The van der Waals surface area contributed by atoms with Gasteiger partial charge in [0.1, 0.15) is 11.4 Å². The van der Waals surface area contributed by atoms with Crippen molar-refractivity contribution in [1.29, 1.82) is 0 Å². The van der Waals surface area contributed by atoms with Crippen molar-refractivity contribution in [1.82, 2.24) is 14.8 Å². The van der Waals surface area contributed by atoms with Gasteiger partial charge in [-0.25, -0.2) is 0 Å². The van der Waals surface area contributed by atoms with Crippen molar-refractivity contribution in [3.05, 3.63) is 65.6 Å². The van der Waals surface area contributed by atoms with Crippen molar-refractivity contribution >= 4 is 17.4 Å². The van der Waals surface area contributed by atoms with Crippen LogP contribution in [-0.2, 0) is 16.1 Å². The van der Waals surface area contributed by atoms with Crippen LogP contribution in [0.25, 0.3) is 5.57 Å². The fourth-order valence-corrected chi connectivity index (χ4v) is 3.09. The standard InChI is InChI=1S/C20H21N3O4/c1-22(11-12-24)18-17(15-5-3-4-6-16(15)27-2)19(25)23(20(18)26)13-14-7-9-21-10-8-14/h3-10,24H,11-13H2,1-2H3. The summed E-state index contributed by atoms with van der Waals surface area (Å²) in [6.07, 6.45) is 3.24. The largest absolute Gasteiger partial charge is 0.496 e. The number of rotatable bonds is 7. The van der Waals surface area contributed by atoms with E-state index in [0.29, 0.717) is 11.3 Å². The monoisotopic (exact) mass is 367 g/mol. The Kier molecular flexibility index (Phi) is 5.52. The maximum atomic E-state index is 13.2. The molecule has 1 N–H and O–H groups in total. The number of aliphatic hydroxyl groups is 1. The van der Waals surface area contributed by atoms with Crippen molar-refractivity contribution < 1.29 is 19.4 Å². The number of para-hydroxylation sites is 1. The van der Waals surface area contributed by atoms with E-state index < -0.39 is 5.91 Å². The van der Waals surface area contributed by atoms with Gasteiger partial charge in [-0.3, -0.25) is 19.5 Å². The zero-order chi connectivity index (χ0) is 19.4. The van der Waals surface area contributed by atoms with Crippen molar-refractivity contribution in [3.8, 4) is 5.75 Å². The number of methoxy groups -OCH3 is 1. The number of likely N-dealkylation sites (N-methyl/N-ethyl adjacent to an activating group) is 1. The van der Waals surface area contributed by atoms with Crippen LogP contribution < -0.4 is 4.74 Å². The predicted molar refractivity (Wildman–Crippen MR) is 99.4 cm³/mol. The topological polar surface area (TPSA) is 83.0 Å². The molecular weight excluding hydrogens is 346 g/mol. The van der Waals surface area contributed by atoms with Crippen LogP contribution in [0.1, 0.15) is 11.1 Å². The summed E-state index contributed by atoms with van der Waals surface area (Å²) in [5.41, 5.74) is 1.89. The molecule has 2 amide bonds. The van der Waals surface area contributed by atoms with Gasteiger partial charge >= 0.3 is 0 Å². The molecule has 2 heterocycles. The van der Waals surface area contributed by atoms with Gasteiger partial charge in [0, 0.05) is 31.5 Å². The Morgan fingerprint density at radius 1 is 1.11 bits per heavy atom. The van der Waals surface area contributed by atoms with Crippen molar-refractivity contribution in [2.45, 2.75) is 6.54 Å². The third-order valence-electron chi connectivity index (χ3n) is 4.43. The highest BCUT2D eigenvalue weighted by Crippen LogP contribution is 2.36. The maximum Gasteiger partial charge on any atom is 0.278 e. The molecule has 0 saturated carbocycles. The van der Waals surface area contributed by atoms with Crippen LogP contribution >= 0.6 is 0 Å². The lowest BCUT2D eigenvalue weighted by Crippen LogP contribution is -2.34. The molecule has 140 valence electrons. The number of benzene rings is 1. The Balaban J connectivity index is 2.07. The van der Waals surface area contributed by atoms with Gasteiger partial charge in [-0.1, -0.05) is 18.2 Å². The highest BCUT2D eigenvalue weighted by molar-refractivity contribution is 6.35. The van der Waals surface area contributed by atoms with Crippen LogP contribution in [0.15, 0.2) is 54.5 Å². The normalized spacial score (nSPS) is 14.1. The Labute approximate surface area is 157 Å². The summed E-state index contributed by atoms with van der Waals surface area (Å²) in [6.45, 7) is 0.246. The Morgan fingerprint density at radius 2 is 1.81 bits per heavy atom. The van der Waals surface area contributed by atoms with Crippen LogP contribution in [-0.4, -0.2) is 59.0 Å². The molecule has 1 aromatic carbocycles. The first-order valence-corrected chi connectivity index (χ1v) is 8.53. The molecule has 0 saturated heterocycles. The first kappa shape index (κ1) is 18.6. The molecule has 0 bridgehead atoms. The van der Waals surface area contributed by atoms with Crippen molar-refractivity contribution in [2.24, 2.45) is 0 Å². The average molecular weight is 367 g/mol. The molecule has 0 spiro atoms. The van der Waals surface area contributed by atoms with Crippen molar-refractivity contribution in [3.63, 3.8) is 0 Å². The molecule has 0 atom stereocenters. The number of hydrogen-bond acceptors (Lipinski definition) is 6. The number of nitrogens with zero attached hydrogens (tertiary/aromatic N) is 3. The first-order valence-electron chi connectivity index (χ1n) is 8.53. The third-order valence-corrected chi connectivity index (χ3v) is 4.43. The molecule has 0 radical (unpaired) electrons. The molecule has 1 aromatic heterocycles. The number of aromatic nitrogens is 1. The smallest absolute Gasteiger partial charge is 0.278 e. The van der Waals surface area contributed by atoms with E-state index in [0.717, 1.165) is 5.56 Å². The number of carbonyl (C=O) groups is 2. The molecule has 3 rings (SSSR count). The van der Waals surface area contributed by atoms with E-state index in [1.54, 1.807) is 60.7 Å². The molecule has 1 aliphatic heterocycles. The second-order valence-electron chi connectivity index (χ2n) is 6.12. The summed E-state index contributed by atoms with van der Waals surface area (Å²) in [5.74, 6) is -0.274. The fraction of sp³-hybridized carbons (Fsp3) is 0.250. The van der Waals surface area contributed by atoms with Gasteiger partial charge in [-0.15, -0.1) is 0 Å². The fourth-order valence-electron chi connectivity index (χ4n) is 3.09. The van der Waals surface area contributed by atoms with Crippen LogP contribution in [0.2, 0.25) is 0 Å². The van der Waals surface area contributed by atoms with Gasteiger partial charge in [0.15, 0.2) is 0 Å². The SMILES string of the molecule is COc1ccccc1C1=C(N(C)CCO)C(=O)N(Cc2ccncc2)C1=O. The number of pyridine rings is 1. The Morgan fingerprint density at radius 3 is 2.48 bits per heavy atom. The molecule has 0 unspecified atom stereocenters. The Hall–Kier alpha value is -3.19. The van der Waals surface area contributed by atoms with Gasteiger partial charge in [0.2, 0.25) is 0 Å². The Bertz CT molecular complexity index is 880. The van der Waals surface area contributed by atoms with Crippen LogP contribution in [0.4, 0.5) is 0 Å². The minimum atomic E-state index is -0.395. The van der Waals surface area contributed by atoms with Gasteiger partial charge in [-0.2, -0.15) is 0 Å². The number of amides is 2. The molecule has 2 aromatic rings. The second-order valence-corrected chi connectivity index (χ2v) is 6.12. The quantitative estimate of drug-likeness (QED) is 0.743. The lowest BCUT2D eigenvalue weighted by molar-refractivity contribution is -0.138. The van der Waals surface area contributed by atoms with Gasteiger partial charge in [0.05, 0.1) is 25.8 Å². The first-order chi connectivity index (χ1) is 13.1. The van der Waals surface area contributed by atoms with Crippen molar-refractivity contribution in [2.75, 3.05) is 27.3 Å². The molecule has 7 heteroatoms. The van der Waals surface area contributed by atoms with Crippen LogP contribution in [0, 0.1) is 0 Å². The molecule has 7 nitrogen and oxygen atoms in total. The molecule has 0 aliphatic carbocycles. The van der Waals surface area contributed by atoms with Gasteiger partial charge in [-0.05, 0) is 23.8 Å². The number of hydrogen-bond donors (Lipinski definition) is 1. The lowest BCUT2D eigenvalue weighted by atomic mass is 10.0. The summed E-state index contributed by atoms with van der Waals surface area (Å²) in [4.78, 5) is 33.1. The summed E-state index contributed by atoms with van der Waals surface area (Å²) in [6, 6.07) is 10.6. The zero-order valence-electron chi connectivity index (χ0n) is 15.3. The molecule has 27 heavy (non-hydrogen) atoms. The highest BCUT2D eigenvalue weighted by atomic mass is 16.5. The highest BCUT2D eigenvalue weighted by Gasteiger charge is 2.41. The lowest BCUT2D eigenvalue weighted by Gasteiger charge is -2.20. The van der Waals surface area contributed by atoms with Gasteiger partial charge < -0.3 is 14.7 Å². The number of aliphatic hydroxyl groups excluding tert-OH is 1. The van der Waals surface area contributed by atoms with E-state index >= 15 is 0 Å². The predicted octanol–water partition coefficient (Wildman–Crippen LogP) is 1.29. The molecule has 0 fully saturated rings. The number of ether oxygens (including phenoxy) is 1. The van der Waals surface area contributed by atoms with E-state index in [1.807, 2.05) is 0 Å². The van der Waals surface area contributed by atoms with E-state index in [4.69, 9.17) is 4.74 Å². The van der Waals surface area contributed by atoms with E-state index in [1.165, 1.54) is 12.0 Å². The summed E-state index contributed by atoms with van der Waals surface area (Å²) >= 11 is 0. The molecule has 1 aliphatic rings. The average Bonchev–Trinajstić information content (AvgIpc) is 2.93. The van der Waals surface area contributed by atoms with Crippen LogP contribution in [0.5, 0.6) is 5.75 Å². The minimum absolute atomic E-state index is 0.134. The number of carbonyl (C=O) groups excluding carboxylic acids is 2. The number of imide groups is 1.